The summed E-state index contributed by atoms with van der Waals surface area (Å²) in [5, 5.41) is 19.5. The number of carboxylic acids is 1. The maximum absolute atomic E-state index is 13.5. The van der Waals surface area contributed by atoms with E-state index in [1.165, 1.54) is 12.1 Å². The lowest BCUT2D eigenvalue weighted by atomic mass is 9.98. The van der Waals surface area contributed by atoms with Crippen molar-refractivity contribution in [2.24, 2.45) is 11.7 Å². The molecule has 0 saturated carbocycles. The number of aliphatic carboxylic acids is 1. The lowest BCUT2D eigenvalue weighted by Crippen LogP contribution is -2.54. The number of anilines is 1. The molecule has 0 bridgehead atoms. The predicted molar refractivity (Wildman–Crippen MR) is 168 cm³/mol. The molecule has 1 fully saturated rings. The average molecular weight is 637 g/mol. The van der Waals surface area contributed by atoms with Crippen molar-refractivity contribution < 1.29 is 32.7 Å². The second kappa shape index (κ2) is 13.9. The number of hydrogen-bond acceptors (Lipinski definition) is 7. The normalized spacial score (nSPS) is 16.9. The molecule has 2 aliphatic rings. The fourth-order valence-corrected chi connectivity index (χ4v) is 6.58. The number of benzene rings is 3. The van der Waals surface area contributed by atoms with E-state index in [-0.39, 0.29) is 35.4 Å². The van der Waals surface area contributed by atoms with Gasteiger partial charge in [-0.2, -0.15) is 4.72 Å². The number of aryl methyl sites for hydroxylation is 1. The topological polar surface area (TPSA) is 203 Å². The molecule has 13 nitrogen and oxygen atoms in total. The number of carbonyl (C=O) groups excluding carboxylic acids is 3. The van der Waals surface area contributed by atoms with Gasteiger partial charge in [-0.25, -0.2) is 8.42 Å². The molecule has 1 saturated heterocycles. The van der Waals surface area contributed by atoms with E-state index < -0.39 is 39.6 Å². The SMILES string of the molecule is CC(=O)O.Cc1ccc2c(c1)C(=O)C(=O)N2C[C@@H](NS(=O)(=O)c1ccc2ccccc2c1)C(=O)NC[C@@H]1CCCN(C(=N)N)C1. The maximum Gasteiger partial charge on any atom is 0.300 e. The molecule has 3 aromatic rings. The zero-order chi connectivity index (χ0) is 32.9. The number of likely N-dealkylation sites (tertiary alicyclic amines) is 1. The number of nitrogens with zero attached hydrogens (tertiary/aromatic N) is 2. The number of nitrogens with one attached hydrogen (secondary N) is 3. The Morgan fingerprint density at radius 1 is 1.09 bits per heavy atom. The molecule has 2 aliphatic heterocycles. The second-order valence-corrected chi connectivity index (χ2v) is 12.8. The third-order valence-corrected chi connectivity index (χ3v) is 9.03. The number of nitrogens with two attached hydrogens (primary N) is 1. The van der Waals surface area contributed by atoms with E-state index in [2.05, 4.69) is 10.0 Å². The minimum atomic E-state index is -4.20. The third kappa shape index (κ3) is 8.02. The van der Waals surface area contributed by atoms with Gasteiger partial charge in [0.15, 0.2) is 5.96 Å². The molecule has 0 unspecified atom stereocenters. The first-order valence-electron chi connectivity index (χ1n) is 14.3. The van der Waals surface area contributed by atoms with Crippen molar-refractivity contribution in [3.05, 3.63) is 71.8 Å². The van der Waals surface area contributed by atoms with Crippen LogP contribution in [-0.4, -0.2) is 80.2 Å². The lowest BCUT2D eigenvalue weighted by molar-refractivity contribution is -0.134. The number of ketones is 1. The van der Waals surface area contributed by atoms with E-state index in [1.54, 1.807) is 48.2 Å². The molecule has 2 amide bonds. The Kier molecular flexibility index (Phi) is 10.2. The summed E-state index contributed by atoms with van der Waals surface area (Å²) in [6.45, 7) is 3.91. The van der Waals surface area contributed by atoms with E-state index in [1.807, 2.05) is 12.1 Å². The smallest absolute Gasteiger partial charge is 0.300 e. The van der Waals surface area contributed by atoms with Crippen molar-refractivity contribution in [3.63, 3.8) is 0 Å². The number of guanidine groups is 1. The summed E-state index contributed by atoms with van der Waals surface area (Å²) in [5.74, 6) is -3.01. The van der Waals surface area contributed by atoms with Gasteiger partial charge >= 0.3 is 0 Å². The Balaban J connectivity index is 0.00000109. The first-order valence-corrected chi connectivity index (χ1v) is 15.8. The number of hydrogen-bond donors (Lipinski definition) is 5. The van der Waals surface area contributed by atoms with Crippen LogP contribution >= 0.6 is 0 Å². The molecule has 2 atom stereocenters. The van der Waals surface area contributed by atoms with Crippen LogP contribution in [0.3, 0.4) is 0 Å². The molecule has 6 N–H and O–H groups in total. The molecule has 14 heteroatoms. The van der Waals surface area contributed by atoms with Crippen molar-refractivity contribution in [2.75, 3.05) is 31.1 Å². The minimum absolute atomic E-state index is 0.00745. The molecule has 3 aromatic carbocycles. The van der Waals surface area contributed by atoms with Gasteiger partial charge in [0.1, 0.15) is 6.04 Å². The molecular formula is C31H36N6O7S. The summed E-state index contributed by atoms with van der Waals surface area (Å²) in [4.78, 5) is 51.0. The molecule has 238 valence electrons. The number of Topliss-reactive ketones (excluding diaryl/α,β-unsaturated/α-hetero) is 1. The Bertz CT molecular complexity index is 1760. The zero-order valence-corrected chi connectivity index (χ0v) is 25.8. The predicted octanol–water partition coefficient (Wildman–Crippen LogP) is 1.84. The third-order valence-electron chi connectivity index (χ3n) is 7.56. The van der Waals surface area contributed by atoms with Crippen molar-refractivity contribution in [1.29, 1.82) is 5.41 Å². The van der Waals surface area contributed by atoms with Gasteiger partial charge in [-0.3, -0.25) is 24.6 Å². The van der Waals surface area contributed by atoms with Crippen LogP contribution in [0.5, 0.6) is 0 Å². The summed E-state index contributed by atoms with van der Waals surface area (Å²) >= 11 is 0. The van der Waals surface area contributed by atoms with Crippen LogP contribution in [0, 0.1) is 18.3 Å². The van der Waals surface area contributed by atoms with Crippen molar-refractivity contribution in [1.82, 2.24) is 14.9 Å². The largest absolute Gasteiger partial charge is 0.481 e. The van der Waals surface area contributed by atoms with Gasteiger partial charge in [0.05, 0.1) is 22.7 Å². The summed E-state index contributed by atoms with van der Waals surface area (Å²) in [6, 6.07) is 15.6. The lowest BCUT2D eigenvalue weighted by Gasteiger charge is -2.33. The highest BCUT2D eigenvalue weighted by Crippen LogP contribution is 2.30. The fourth-order valence-electron chi connectivity index (χ4n) is 5.36. The van der Waals surface area contributed by atoms with Crippen LogP contribution in [0.1, 0.15) is 35.7 Å². The molecule has 2 heterocycles. The Labute approximate surface area is 260 Å². The number of amides is 2. The second-order valence-electron chi connectivity index (χ2n) is 11.1. The summed E-state index contributed by atoms with van der Waals surface area (Å²) in [7, 11) is -4.20. The first kappa shape index (κ1) is 33.1. The van der Waals surface area contributed by atoms with Crippen LogP contribution in [0.25, 0.3) is 10.8 Å². The Hall–Kier alpha value is -4.82. The van der Waals surface area contributed by atoms with Crippen molar-refractivity contribution in [3.8, 4) is 0 Å². The number of carbonyl (C=O) groups is 4. The summed E-state index contributed by atoms with van der Waals surface area (Å²) < 4.78 is 29.5. The summed E-state index contributed by atoms with van der Waals surface area (Å²) in [6.07, 6.45) is 1.61. The molecule has 45 heavy (non-hydrogen) atoms. The highest BCUT2D eigenvalue weighted by atomic mass is 32.2. The Morgan fingerprint density at radius 3 is 2.47 bits per heavy atom. The number of sulfonamides is 1. The van der Waals surface area contributed by atoms with Crippen molar-refractivity contribution in [2.45, 2.75) is 37.6 Å². The molecule has 0 aromatic heterocycles. The molecule has 0 aliphatic carbocycles. The molecular weight excluding hydrogens is 600 g/mol. The highest BCUT2D eigenvalue weighted by molar-refractivity contribution is 7.89. The Morgan fingerprint density at radius 2 is 1.78 bits per heavy atom. The van der Waals surface area contributed by atoms with Gasteiger partial charge in [0, 0.05) is 26.6 Å². The van der Waals surface area contributed by atoms with Gasteiger partial charge in [0.2, 0.25) is 15.9 Å². The summed E-state index contributed by atoms with van der Waals surface area (Å²) in [5.41, 5.74) is 6.99. The van der Waals surface area contributed by atoms with Crippen LogP contribution in [0.4, 0.5) is 5.69 Å². The quantitative estimate of drug-likeness (QED) is 0.139. The van der Waals surface area contributed by atoms with Gasteiger partial charge in [-0.1, -0.05) is 42.0 Å². The number of piperidine rings is 1. The van der Waals surface area contributed by atoms with Crippen LogP contribution in [-0.2, 0) is 24.4 Å². The van der Waals surface area contributed by atoms with E-state index in [9.17, 15) is 22.8 Å². The van der Waals surface area contributed by atoms with Gasteiger partial charge in [-0.15, -0.1) is 0 Å². The van der Waals surface area contributed by atoms with Gasteiger partial charge in [0.25, 0.3) is 17.7 Å². The highest BCUT2D eigenvalue weighted by Gasteiger charge is 2.39. The van der Waals surface area contributed by atoms with Crippen LogP contribution < -0.4 is 20.7 Å². The number of carboxylic acid groups (broad SMARTS) is 1. The fraction of sp³-hybridized carbons (Fsp3) is 0.323. The van der Waals surface area contributed by atoms with Gasteiger partial charge < -0.3 is 26.0 Å². The van der Waals surface area contributed by atoms with E-state index in [0.717, 1.165) is 35.6 Å². The minimum Gasteiger partial charge on any atom is -0.481 e. The standard InChI is InChI=1S/C29H32N6O5S.C2H4O2/c1-18-8-11-25-23(13-18)26(36)28(38)35(25)17-24(27(37)32-15-19-5-4-12-34(16-19)29(30)31)33-41(39,40)22-10-9-20-6-2-3-7-21(20)14-22;1-2(3)4/h2-3,6-11,13-14,19,24,33H,4-5,12,15-17H2,1H3,(H3,30,31)(H,32,37);1H3,(H,3,4)/t19-,24+;/m0./s1. The average Bonchev–Trinajstić information content (AvgIpc) is 3.23. The maximum atomic E-state index is 13.5. The molecule has 0 spiro atoms. The first-order chi connectivity index (χ1) is 21.3. The van der Waals surface area contributed by atoms with E-state index >= 15 is 0 Å². The van der Waals surface area contributed by atoms with E-state index in [4.69, 9.17) is 21.0 Å². The van der Waals surface area contributed by atoms with Crippen LogP contribution in [0.15, 0.2) is 65.6 Å². The van der Waals surface area contributed by atoms with Crippen molar-refractivity contribution >= 4 is 56.0 Å². The van der Waals surface area contributed by atoms with Gasteiger partial charge in [-0.05, 0) is 60.7 Å². The molecule has 5 rings (SSSR count). The monoisotopic (exact) mass is 636 g/mol. The number of rotatable bonds is 8. The van der Waals surface area contributed by atoms with Crippen LogP contribution in [0.2, 0.25) is 0 Å². The number of fused-ring (bicyclic) bond motifs is 2. The molecule has 0 radical (unpaired) electrons. The zero-order valence-electron chi connectivity index (χ0n) is 24.9. The van der Waals surface area contributed by atoms with E-state index in [0.29, 0.717) is 24.2 Å².